The van der Waals surface area contributed by atoms with Crippen LogP contribution in [-0.4, -0.2) is 0 Å². The van der Waals surface area contributed by atoms with E-state index in [0.717, 1.165) is 19.3 Å². The van der Waals surface area contributed by atoms with Crippen LogP contribution in [0.1, 0.15) is 58.4 Å². The van der Waals surface area contributed by atoms with E-state index in [1.165, 1.54) is 12.1 Å². The highest BCUT2D eigenvalue weighted by atomic mass is 79.9. The molecule has 0 aliphatic heterocycles. The zero-order valence-corrected chi connectivity index (χ0v) is 14.6. The Morgan fingerprint density at radius 2 is 1.86 bits per heavy atom. The third-order valence-corrected chi connectivity index (χ3v) is 5.49. The zero-order chi connectivity index (χ0) is 15.8. The monoisotopic (exact) mass is 359 g/mol. The molecule has 0 radical (unpaired) electrons. The number of benzene rings is 1. The van der Waals surface area contributed by atoms with E-state index in [9.17, 15) is 8.78 Å². The average molecular weight is 360 g/mol. The van der Waals surface area contributed by atoms with Crippen molar-refractivity contribution >= 4 is 15.9 Å². The fraction of sp³-hybridized carbons (Fsp3) is 0.647. The predicted octanol–water partition coefficient (Wildman–Crippen LogP) is 5.51. The minimum Gasteiger partial charge on any atom is -0.321 e. The van der Waals surface area contributed by atoms with E-state index in [0.29, 0.717) is 18.8 Å². The summed E-state index contributed by atoms with van der Waals surface area (Å²) in [6.07, 6.45) is 4.14. The summed E-state index contributed by atoms with van der Waals surface area (Å²) in [7, 11) is 0. The van der Waals surface area contributed by atoms with Crippen LogP contribution in [0.25, 0.3) is 0 Å². The molecule has 1 aromatic carbocycles. The van der Waals surface area contributed by atoms with Gasteiger partial charge in [0, 0.05) is 11.1 Å². The first-order valence-corrected chi connectivity index (χ1v) is 8.37. The van der Waals surface area contributed by atoms with Crippen molar-refractivity contribution in [1.29, 1.82) is 0 Å². The Bertz CT molecular complexity index is 524. The van der Waals surface area contributed by atoms with E-state index < -0.39 is 17.2 Å². The van der Waals surface area contributed by atoms with Crippen molar-refractivity contribution in [2.45, 2.75) is 58.4 Å². The summed E-state index contributed by atoms with van der Waals surface area (Å²) in [5, 5.41) is 0. The number of nitrogens with two attached hydrogens (primary N) is 1. The molecular formula is C17H24BrF2N. The fourth-order valence-corrected chi connectivity index (χ4v) is 3.79. The lowest BCUT2D eigenvalue weighted by Gasteiger charge is -2.32. The van der Waals surface area contributed by atoms with Crippen molar-refractivity contribution in [2.24, 2.45) is 17.1 Å². The minimum atomic E-state index is -0.905. The maximum absolute atomic E-state index is 14.4. The van der Waals surface area contributed by atoms with Gasteiger partial charge in [0.1, 0.15) is 11.6 Å². The summed E-state index contributed by atoms with van der Waals surface area (Å²) in [5.41, 5.74) is 5.81. The lowest BCUT2D eigenvalue weighted by atomic mass is 9.75. The molecule has 0 spiro atoms. The molecule has 2 atom stereocenters. The Labute approximate surface area is 134 Å². The van der Waals surface area contributed by atoms with Gasteiger partial charge in [-0.15, -0.1) is 0 Å². The molecule has 21 heavy (non-hydrogen) atoms. The van der Waals surface area contributed by atoms with Crippen molar-refractivity contribution in [3.05, 3.63) is 33.8 Å². The average Bonchev–Trinajstić information content (AvgIpc) is 2.56. The highest BCUT2D eigenvalue weighted by molar-refractivity contribution is 9.10. The molecule has 0 bridgehead atoms. The lowest BCUT2D eigenvalue weighted by Crippen LogP contribution is -2.38. The summed E-state index contributed by atoms with van der Waals surface area (Å²) >= 11 is 3.14. The highest BCUT2D eigenvalue weighted by Crippen LogP contribution is 2.44. The SMILES string of the molecule is CC(C)(C)C1CCCC(N)(c2c(F)ccc(Br)c2F)CC1. The van der Waals surface area contributed by atoms with Crippen LogP contribution in [-0.2, 0) is 5.54 Å². The molecule has 0 aromatic heterocycles. The van der Waals surface area contributed by atoms with Gasteiger partial charge in [0.25, 0.3) is 0 Å². The Morgan fingerprint density at radius 3 is 2.48 bits per heavy atom. The standard InChI is InChI=1S/C17H24BrF2N/c1-16(2,3)11-5-4-9-17(21,10-8-11)14-13(19)7-6-12(18)15(14)20/h6-7,11H,4-5,8-10,21H2,1-3H3. The van der Waals surface area contributed by atoms with E-state index in [1.54, 1.807) is 0 Å². The van der Waals surface area contributed by atoms with Crippen LogP contribution in [0, 0.1) is 23.0 Å². The number of halogens is 3. The smallest absolute Gasteiger partial charge is 0.145 e. The van der Waals surface area contributed by atoms with Crippen LogP contribution >= 0.6 is 15.9 Å². The molecule has 2 unspecified atom stereocenters. The first-order valence-electron chi connectivity index (χ1n) is 7.58. The molecule has 1 fully saturated rings. The third-order valence-electron chi connectivity index (χ3n) is 4.88. The highest BCUT2D eigenvalue weighted by Gasteiger charge is 2.38. The Balaban J connectivity index is 2.34. The van der Waals surface area contributed by atoms with Crippen LogP contribution in [0.3, 0.4) is 0 Å². The van der Waals surface area contributed by atoms with E-state index in [1.807, 2.05) is 0 Å². The third kappa shape index (κ3) is 3.48. The Hall–Kier alpha value is -0.480. The van der Waals surface area contributed by atoms with Gasteiger partial charge in [0.2, 0.25) is 0 Å². The molecule has 2 N–H and O–H groups in total. The summed E-state index contributed by atoms with van der Waals surface area (Å²) in [5.74, 6) is -0.541. The van der Waals surface area contributed by atoms with Crippen LogP contribution in [0.2, 0.25) is 0 Å². The molecule has 0 saturated heterocycles. The molecular weight excluding hydrogens is 336 g/mol. The van der Waals surface area contributed by atoms with E-state index in [4.69, 9.17) is 5.73 Å². The van der Waals surface area contributed by atoms with Crippen molar-refractivity contribution in [3.8, 4) is 0 Å². The van der Waals surface area contributed by atoms with Crippen LogP contribution in [0.15, 0.2) is 16.6 Å². The molecule has 1 nitrogen and oxygen atoms in total. The van der Waals surface area contributed by atoms with Gasteiger partial charge in [-0.1, -0.05) is 27.2 Å². The molecule has 4 heteroatoms. The number of rotatable bonds is 1. The van der Waals surface area contributed by atoms with Gasteiger partial charge in [0.05, 0.1) is 4.47 Å². The maximum atomic E-state index is 14.4. The molecule has 1 aliphatic carbocycles. The topological polar surface area (TPSA) is 26.0 Å². The Kier molecular flexibility index (Phi) is 4.79. The van der Waals surface area contributed by atoms with Gasteiger partial charge in [-0.3, -0.25) is 0 Å². The van der Waals surface area contributed by atoms with Gasteiger partial charge in [0.15, 0.2) is 0 Å². The second kappa shape index (κ2) is 5.96. The molecule has 118 valence electrons. The lowest BCUT2D eigenvalue weighted by molar-refractivity contribution is 0.210. The van der Waals surface area contributed by atoms with Crippen molar-refractivity contribution in [2.75, 3.05) is 0 Å². The predicted molar refractivity (Wildman–Crippen MR) is 86.0 cm³/mol. The molecule has 1 aliphatic rings. The maximum Gasteiger partial charge on any atom is 0.145 e. The van der Waals surface area contributed by atoms with E-state index in [-0.39, 0.29) is 15.5 Å². The molecule has 1 saturated carbocycles. The van der Waals surface area contributed by atoms with Crippen LogP contribution < -0.4 is 5.73 Å². The molecule has 1 aromatic rings. The normalized spacial score (nSPS) is 27.5. The largest absolute Gasteiger partial charge is 0.321 e. The number of hydrogen-bond donors (Lipinski definition) is 1. The summed E-state index contributed by atoms with van der Waals surface area (Å²) in [6, 6.07) is 2.69. The first kappa shape index (κ1) is 16.9. The van der Waals surface area contributed by atoms with Gasteiger partial charge < -0.3 is 5.73 Å². The van der Waals surface area contributed by atoms with Crippen molar-refractivity contribution < 1.29 is 8.78 Å². The van der Waals surface area contributed by atoms with Crippen LogP contribution in [0.4, 0.5) is 8.78 Å². The van der Waals surface area contributed by atoms with Crippen LogP contribution in [0.5, 0.6) is 0 Å². The summed E-state index contributed by atoms with van der Waals surface area (Å²) in [4.78, 5) is 0. The second-order valence-corrected chi connectivity index (χ2v) is 8.22. The van der Waals surface area contributed by atoms with Gasteiger partial charge in [-0.25, -0.2) is 8.78 Å². The first-order chi connectivity index (χ1) is 9.65. The van der Waals surface area contributed by atoms with Crippen molar-refractivity contribution in [1.82, 2.24) is 0 Å². The minimum absolute atomic E-state index is 0.0476. The second-order valence-electron chi connectivity index (χ2n) is 7.37. The summed E-state index contributed by atoms with van der Waals surface area (Å²) < 4.78 is 28.9. The Morgan fingerprint density at radius 1 is 1.19 bits per heavy atom. The van der Waals surface area contributed by atoms with Crippen molar-refractivity contribution in [3.63, 3.8) is 0 Å². The molecule has 2 rings (SSSR count). The van der Waals surface area contributed by atoms with Gasteiger partial charge in [-0.05, 0) is 65.1 Å². The van der Waals surface area contributed by atoms with E-state index in [2.05, 4.69) is 36.7 Å². The number of hydrogen-bond acceptors (Lipinski definition) is 1. The van der Waals surface area contributed by atoms with Gasteiger partial charge >= 0.3 is 0 Å². The molecule has 0 amide bonds. The fourth-order valence-electron chi connectivity index (χ4n) is 3.46. The quantitative estimate of drug-likeness (QED) is 0.519. The molecule has 0 heterocycles. The zero-order valence-electron chi connectivity index (χ0n) is 13.0. The summed E-state index contributed by atoms with van der Waals surface area (Å²) in [6.45, 7) is 6.67. The van der Waals surface area contributed by atoms with E-state index >= 15 is 0 Å². The van der Waals surface area contributed by atoms with Gasteiger partial charge in [-0.2, -0.15) is 0 Å².